The van der Waals surface area contributed by atoms with E-state index in [1.54, 1.807) is 0 Å². The lowest BCUT2D eigenvalue weighted by Gasteiger charge is -2.17. The van der Waals surface area contributed by atoms with Crippen LogP contribution in [0.3, 0.4) is 0 Å². The molecule has 1 nitrogen and oxygen atoms in total. The molecule has 0 atom stereocenters. The lowest BCUT2D eigenvalue weighted by Crippen LogP contribution is -2.28. The van der Waals surface area contributed by atoms with E-state index in [1.807, 2.05) is 11.8 Å². The predicted octanol–water partition coefficient (Wildman–Crippen LogP) is 3.57. The fourth-order valence-electron chi connectivity index (χ4n) is 1.32. The summed E-state index contributed by atoms with van der Waals surface area (Å²) in [5.74, 6) is 0. The summed E-state index contributed by atoms with van der Waals surface area (Å²) in [5, 5.41) is 0. The third-order valence-electron chi connectivity index (χ3n) is 2.42. The molecule has 0 heterocycles. The Morgan fingerprint density at radius 1 is 1.27 bits per heavy atom. The molecule has 0 aliphatic heterocycles. The third kappa shape index (κ3) is 4.95. The van der Waals surface area contributed by atoms with Gasteiger partial charge in [-0.1, -0.05) is 36.0 Å². The minimum Gasteiger partial charge on any atom is -0.414 e. The highest BCUT2D eigenvalue weighted by molar-refractivity contribution is 6.76. The van der Waals surface area contributed by atoms with E-state index in [0.29, 0.717) is 0 Å². The summed E-state index contributed by atoms with van der Waals surface area (Å²) in [6.45, 7) is 8.99. The van der Waals surface area contributed by atoms with Gasteiger partial charge in [0.05, 0.1) is 0 Å². The summed E-state index contributed by atoms with van der Waals surface area (Å²) in [5.41, 5.74) is 3.37. The van der Waals surface area contributed by atoms with E-state index in [2.05, 4.69) is 43.9 Å². The van der Waals surface area contributed by atoms with Crippen molar-refractivity contribution in [3.05, 3.63) is 48.2 Å². The van der Waals surface area contributed by atoms with Crippen LogP contribution >= 0.6 is 0 Å². The smallest absolute Gasteiger partial charge is 0.210 e. The van der Waals surface area contributed by atoms with Gasteiger partial charge in [0.1, 0.15) is 0 Å². The fourth-order valence-corrected chi connectivity index (χ4v) is 2.10. The SMILES string of the molecule is C=C[Si](C)(C)OCCCc1ccccc1. The Morgan fingerprint density at radius 3 is 2.53 bits per heavy atom. The van der Waals surface area contributed by atoms with Crippen LogP contribution in [0.5, 0.6) is 0 Å². The number of aryl methyl sites for hydroxylation is 1. The van der Waals surface area contributed by atoms with Crippen molar-refractivity contribution < 1.29 is 4.43 Å². The Labute approximate surface area is 93.9 Å². The van der Waals surface area contributed by atoms with Gasteiger partial charge in [0.25, 0.3) is 0 Å². The van der Waals surface area contributed by atoms with Crippen LogP contribution in [0.2, 0.25) is 13.1 Å². The summed E-state index contributed by atoms with van der Waals surface area (Å²) in [6, 6.07) is 10.5. The maximum atomic E-state index is 5.82. The number of rotatable bonds is 6. The van der Waals surface area contributed by atoms with Crippen molar-refractivity contribution in [1.29, 1.82) is 0 Å². The van der Waals surface area contributed by atoms with Gasteiger partial charge in [0.2, 0.25) is 8.32 Å². The largest absolute Gasteiger partial charge is 0.414 e. The van der Waals surface area contributed by atoms with Gasteiger partial charge < -0.3 is 4.43 Å². The van der Waals surface area contributed by atoms with Crippen LogP contribution < -0.4 is 0 Å². The average Bonchev–Trinajstić information content (AvgIpc) is 2.26. The molecular formula is C13H20OSi. The van der Waals surface area contributed by atoms with Gasteiger partial charge in [-0.25, -0.2) is 0 Å². The second-order valence-electron chi connectivity index (χ2n) is 4.25. The van der Waals surface area contributed by atoms with Gasteiger partial charge in [-0.2, -0.15) is 0 Å². The van der Waals surface area contributed by atoms with Gasteiger partial charge in [0.15, 0.2) is 0 Å². The second kappa shape index (κ2) is 5.88. The van der Waals surface area contributed by atoms with E-state index < -0.39 is 8.32 Å². The maximum absolute atomic E-state index is 5.82. The lowest BCUT2D eigenvalue weighted by molar-refractivity contribution is 0.308. The van der Waals surface area contributed by atoms with Crippen molar-refractivity contribution in [1.82, 2.24) is 0 Å². The minimum atomic E-state index is -1.55. The van der Waals surface area contributed by atoms with Crippen LogP contribution in [0.1, 0.15) is 12.0 Å². The van der Waals surface area contributed by atoms with Crippen LogP contribution in [0.15, 0.2) is 42.6 Å². The van der Waals surface area contributed by atoms with Crippen molar-refractivity contribution >= 4 is 8.32 Å². The number of benzene rings is 1. The van der Waals surface area contributed by atoms with Crippen molar-refractivity contribution in [3.63, 3.8) is 0 Å². The molecule has 0 aromatic heterocycles. The first-order valence-corrected chi connectivity index (χ1v) is 8.44. The van der Waals surface area contributed by atoms with E-state index >= 15 is 0 Å². The normalized spacial score (nSPS) is 11.3. The Hall–Kier alpha value is -0.863. The maximum Gasteiger partial charge on any atom is 0.210 e. The minimum absolute atomic E-state index is 0.847. The zero-order chi connectivity index (χ0) is 11.1. The van der Waals surface area contributed by atoms with Crippen molar-refractivity contribution in [2.45, 2.75) is 25.9 Å². The molecule has 0 radical (unpaired) electrons. The monoisotopic (exact) mass is 220 g/mol. The summed E-state index contributed by atoms with van der Waals surface area (Å²) in [7, 11) is -1.55. The summed E-state index contributed by atoms with van der Waals surface area (Å²) >= 11 is 0. The van der Waals surface area contributed by atoms with Crippen LogP contribution in [-0.2, 0) is 10.8 Å². The molecule has 0 saturated carbocycles. The van der Waals surface area contributed by atoms with E-state index in [9.17, 15) is 0 Å². The van der Waals surface area contributed by atoms with E-state index in [4.69, 9.17) is 4.43 Å². The average molecular weight is 220 g/mol. The van der Waals surface area contributed by atoms with Gasteiger partial charge in [-0.15, -0.1) is 6.58 Å². The molecule has 2 heteroatoms. The van der Waals surface area contributed by atoms with Crippen LogP contribution in [-0.4, -0.2) is 14.9 Å². The number of hydrogen-bond donors (Lipinski definition) is 0. The van der Waals surface area contributed by atoms with Gasteiger partial charge >= 0.3 is 0 Å². The molecule has 0 spiro atoms. The molecular weight excluding hydrogens is 200 g/mol. The van der Waals surface area contributed by atoms with Crippen LogP contribution in [0.4, 0.5) is 0 Å². The Morgan fingerprint density at radius 2 is 1.93 bits per heavy atom. The molecule has 0 bridgehead atoms. The zero-order valence-corrected chi connectivity index (χ0v) is 10.7. The molecule has 1 rings (SSSR count). The zero-order valence-electron chi connectivity index (χ0n) is 9.70. The molecule has 1 aromatic carbocycles. The van der Waals surface area contributed by atoms with Gasteiger partial charge in [-0.05, 0) is 31.5 Å². The Kier molecular flexibility index (Phi) is 4.79. The molecule has 0 saturated heterocycles. The first-order chi connectivity index (χ1) is 7.14. The molecule has 82 valence electrons. The highest BCUT2D eigenvalue weighted by Gasteiger charge is 2.16. The quantitative estimate of drug-likeness (QED) is 0.526. The summed E-state index contributed by atoms with van der Waals surface area (Å²) < 4.78 is 5.82. The topological polar surface area (TPSA) is 9.23 Å². The molecule has 0 N–H and O–H groups in total. The molecule has 1 aromatic rings. The fraction of sp³-hybridized carbons (Fsp3) is 0.385. The first kappa shape index (κ1) is 12.2. The molecule has 15 heavy (non-hydrogen) atoms. The highest BCUT2D eigenvalue weighted by atomic mass is 28.4. The van der Waals surface area contributed by atoms with Crippen LogP contribution in [0, 0.1) is 0 Å². The van der Waals surface area contributed by atoms with Crippen molar-refractivity contribution in [2.75, 3.05) is 6.61 Å². The van der Waals surface area contributed by atoms with Crippen molar-refractivity contribution in [3.8, 4) is 0 Å². The van der Waals surface area contributed by atoms with Gasteiger partial charge in [-0.3, -0.25) is 0 Å². The standard InChI is InChI=1S/C13H20OSi/c1-4-15(2,3)14-12-8-11-13-9-6-5-7-10-13/h4-7,9-10H,1,8,11-12H2,2-3H3. The molecule has 0 aliphatic carbocycles. The summed E-state index contributed by atoms with van der Waals surface area (Å²) in [6.07, 6.45) is 2.19. The van der Waals surface area contributed by atoms with Crippen molar-refractivity contribution in [2.24, 2.45) is 0 Å². The van der Waals surface area contributed by atoms with E-state index in [0.717, 1.165) is 19.4 Å². The first-order valence-electron chi connectivity index (χ1n) is 5.45. The lowest BCUT2D eigenvalue weighted by atomic mass is 10.1. The summed E-state index contributed by atoms with van der Waals surface area (Å²) in [4.78, 5) is 0. The Bertz CT molecular complexity index is 293. The molecule has 0 amide bonds. The van der Waals surface area contributed by atoms with Gasteiger partial charge in [0, 0.05) is 6.61 Å². The van der Waals surface area contributed by atoms with Crippen LogP contribution in [0.25, 0.3) is 0 Å². The molecule has 0 unspecified atom stereocenters. The third-order valence-corrected chi connectivity index (χ3v) is 4.35. The second-order valence-corrected chi connectivity index (χ2v) is 8.15. The van der Waals surface area contributed by atoms with E-state index in [1.165, 1.54) is 5.56 Å². The molecule has 0 aliphatic rings. The number of hydrogen-bond acceptors (Lipinski definition) is 1. The van der Waals surface area contributed by atoms with E-state index in [-0.39, 0.29) is 0 Å². The predicted molar refractivity (Wildman–Crippen MR) is 68.4 cm³/mol. The highest BCUT2D eigenvalue weighted by Crippen LogP contribution is 2.07. The Balaban J connectivity index is 2.20. The molecule has 0 fully saturated rings.